The SMILES string of the molecule is CCC[C@H](C)Oc1nc(N)c2ncc(C(O)C3CCNC(C)C3)n2n1. The van der Waals surface area contributed by atoms with E-state index in [0.29, 0.717) is 17.4 Å². The molecule has 1 aliphatic heterocycles. The summed E-state index contributed by atoms with van der Waals surface area (Å²) < 4.78 is 7.34. The van der Waals surface area contributed by atoms with Crippen LogP contribution in [0.25, 0.3) is 5.65 Å². The molecule has 3 unspecified atom stereocenters. The normalized spacial score (nSPS) is 23.5. The van der Waals surface area contributed by atoms with Crippen LogP contribution in [0.3, 0.4) is 0 Å². The van der Waals surface area contributed by atoms with Gasteiger partial charge in [-0.05, 0) is 45.6 Å². The van der Waals surface area contributed by atoms with E-state index in [0.717, 1.165) is 32.2 Å². The molecule has 0 aliphatic carbocycles. The summed E-state index contributed by atoms with van der Waals surface area (Å²) in [5.41, 5.74) is 7.10. The molecule has 4 N–H and O–H groups in total. The second-order valence-electron chi connectivity index (χ2n) is 7.00. The Morgan fingerprint density at radius 3 is 3.04 bits per heavy atom. The predicted molar refractivity (Wildman–Crippen MR) is 95.3 cm³/mol. The van der Waals surface area contributed by atoms with E-state index in [1.165, 1.54) is 0 Å². The van der Waals surface area contributed by atoms with Crippen molar-refractivity contribution in [2.75, 3.05) is 12.3 Å². The summed E-state index contributed by atoms with van der Waals surface area (Å²) in [7, 11) is 0. The second kappa shape index (κ2) is 7.53. The molecule has 2 aromatic heterocycles. The summed E-state index contributed by atoms with van der Waals surface area (Å²) in [6.45, 7) is 7.12. The molecule has 1 aliphatic rings. The molecule has 0 amide bonds. The zero-order valence-electron chi connectivity index (χ0n) is 15.1. The van der Waals surface area contributed by atoms with E-state index in [4.69, 9.17) is 10.5 Å². The third-order valence-electron chi connectivity index (χ3n) is 4.81. The second-order valence-corrected chi connectivity index (χ2v) is 7.00. The maximum absolute atomic E-state index is 10.9. The van der Waals surface area contributed by atoms with Crippen molar-refractivity contribution in [3.05, 3.63) is 11.9 Å². The highest BCUT2D eigenvalue weighted by Crippen LogP contribution is 2.31. The minimum absolute atomic E-state index is 0.00372. The fraction of sp³-hybridized carbons (Fsp3) is 0.706. The van der Waals surface area contributed by atoms with E-state index in [1.54, 1.807) is 10.7 Å². The average molecular weight is 348 g/mol. The number of aliphatic hydroxyl groups excluding tert-OH is 1. The summed E-state index contributed by atoms with van der Waals surface area (Å²) in [4.78, 5) is 8.48. The Kier molecular flexibility index (Phi) is 5.39. The van der Waals surface area contributed by atoms with Crippen LogP contribution in [-0.4, -0.2) is 43.4 Å². The first-order chi connectivity index (χ1) is 12.0. The number of nitrogen functional groups attached to an aromatic ring is 1. The van der Waals surface area contributed by atoms with Crippen LogP contribution in [0.5, 0.6) is 6.01 Å². The lowest BCUT2D eigenvalue weighted by atomic mass is 9.87. The highest BCUT2D eigenvalue weighted by Gasteiger charge is 2.29. The number of anilines is 1. The number of hydrogen-bond acceptors (Lipinski definition) is 7. The summed E-state index contributed by atoms with van der Waals surface area (Å²) in [6, 6.07) is 0.608. The molecule has 2 aromatic rings. The van der Waals surface area contributed by atoms with Crippen LogP contribution in [0.1, 0.15) is 58.3 Å². The highest BCUT2D eigenvalue weighted by atomic mass is 16.5. The predicted octanol–water partition coefficient (Wildman–Crippen LogP) is 1.70. The Morgan fingerprint density at radius 1 is 1.52 bits per heavy atom. The van der Waals surface area contributed by atoms with E-state index in [2.05, 4.69) is 34.2 Å². The number of nitrogens with one attached hydrogen (secondary N) is 1. The number of imidazole rings is 1. The number of ether oxygens (including phenoxy) is 1. The number of nitrogens with two attached hydrogens (primary N) is 1. The average Bonchev–Trinajstić information content (AvgIpc) is 2.98. The van der Waals surface area contributed by atoms with Gasteiger partial charge in [0.15, 0.2) is 11.5 Å². The first kappa shape index (κ1) is 17.9. The lowest BCUT2D eigenvalue weighted by Crippen LogP contribution is -2.38. The van der Waals surface area contributed by atoms with E-state index in [-0.39, 0.29) is 23.9 Å². The lowest BCUT2D eigenvalue weighted by Gasteiger charge is -2.31. The van der Waals surface area contributed by atoms with Gasteiger partial charge in [0.25, 0.3) is 0 Å². The Labute approximate surface area is 147 Å². The van der Waals surface area contributed by atoms with Crippen molar-refractivity contribution < 1.29 is 9.84 Å². The minimum atomic E-state index is -0.644. The van der Waals surface area contributed by atoms with Gasteiger partial charge in [0.2, 0.25) is 0 Å². The Hall–Kier alpha value is -1.93. The van der Waals surface area contributed by atoms with Gasteiger partial charge < -0.3 is 20.9 Å². The van der Waals surface area contributed by atoms with Crippen LogP contribution < -0.4 is 15.8 Å². The van der Waals surface area contributed by atoms with Crippen LogP contribution in [0.2, 0.25) is 0 Å². The number of piperidine rings is 1. The molecule has 25 heavy (non-hydrogen) atoms. The van der Waals surface area contributed by atoms with Gasteiger partial charge in [0, 0.05) is 6.04 Å². The van der Waals surface area contributed by atoms with Gasteiger partial charge in [-0.1, -0.05) is 13.3 Å². The van der Waals surface area contributed by atoms with E-state index in [9.17, 15) is 5.11 Å². The molecule has 0 radical (unpaired) electrons. The van der Waals surface area contributed by atoms with Gasteiger partial charge in [-0.2, -0.15) is 4.98 Å². The van der Waals surface area contributed by atoms with Gasteiger partial charge in [-0.15, -0.1) is 5.10 Å². The van der Waals surface area contributed by atoms with E-state index in [1.807, 2.05) is 6.92 Å². The van der Waals surface area contributed by atoms with Crippen LogP contribution in [-0.2, 0) is 0 Å². The van der Waals surface area contributed by atoms with Crippen LogP contribution in [0.4, 0.5) is 5.82 Å². The lowest BCUT2D eigenvalue weighted by molar-refractivity contribution is 0.0743. The van der Waals surface area contributed by atoms with E-state index < -0.39 is 6.10 Å². The molecule has 8 nitrogen and oxygen atoms in total. The third-order valence-corrected chi connectivity index (χ3v) is 4.81. The molecule has 0 aromatic carbocycles. The van der Waals surface area contributed by atoms with Gasteiger partial charge in [-0.25, -0.2) is 9.50 Å². The fourth-order valence-corrected chi connectivity index (χ4v) is 3.50. The molecule has 3 rings (SSSR count). The summed E-state index contributed by atoms with van der Waals surface area (Å²) in [5, 5.41) is 18.7. The number of nitrogens with zero attached hydrogens (tertiary/aromatic N) is 4. The number of aliphatic hydroxyl groups is 1. The molecule has 3 heterocycles. The number of aromatic nitrogens is 4. The highest BCUT2D eigenvalue weighted by molar-refractivity contribution is 5.59. The molecule has 138 valence electrons. The maximum Gasteiger partial charge on any atom is 0.336 e. The zero-order valence-corrected chi connectivity index (χ0v) is 15.1. The molecule has 0 saturated carbocycles. The standard InChI is InChI=1S/C17H28N6O2/c1-4-5-11(3)25-17-21-15(18)16-20-9-13(23(16)22-17)14(24)12-6-7-19-10(2)8-12/h9-12,14,19,24H,4-8H2,1-3H3,(H2,18,21,22)/t10?,11-,12?,14?/m0/s1. The van der Waals surface area contributed by atoms with Gasteiger partial charge in [-0.3, -0.25) is 0 Å². The van der Waals surface area contributed by atoms with Crippen molar-refractivity contribution in [1.82, 2.24) is 24.9 Å². The molecule has 0 bridgehead atoms. The van der Waals surface area contributed by atoms with Crippen molar-refractivity contribution in [1.29, 1.82) is 0 Å². The number of rotatable bonds is 6. The Morgan fingerprint density at radius 2 is 2.32 bits per heavy atom. The van der Waals surface area contributed by atoms with Crippen molar-refractivity contribution in [3.63, 3.8) is 0 Å². The quantitative estimate of drug-likeness (QED) is 0.728. The molecular weight excluding hydrogens is 320 g/mol. The van der Waals surface area contributed by atoms with Crippen molar-refractivity contribution in [2.45, 2.75) is 64.7 Å². The monoisotopic (exact) mass is 348 g/mol. The van der Waals surface area contributed by atoms with Crippen LogP contribution >= 0.6 is 0 Å². The molecule has 8 heteroatoms. The maximum atomic E-state index is 10.9. The topological polar surface area (TPSA) is 111 Å². The van der Waals surface area contributed by atoms with Gasteiger partial charge >= 0.3 is 6.01 Å². The Balaban J connectivity index is 1.89. The van der Waals surface area contributed by atoms with Crippen molar-refractivity contribution in [2.24, 2.45) is 5.92 Å². The van der Waals surface area contributed by atoms with Crippen LogP contribution in [0.15, 0.2) is 6.20 Å². The fourth-order valence-electron chi connectivity index (χ4n) is 3.50. The molecule has 1 fully saturated rings. The first-order valence-corrected chi connectivity index (χ1v) is 9.08. The minimum Gasteiger partial charge on any atom is -0.459 e. The Bertz CT molecular complexity index is 718. The molecule has 1 saturated heterocycles. The third kappa shape index (κ3) is 3.85. The molecule has 4 atom stereocenters. The van der Waals surface area contributed by atoms with Gasteiger partial charge in [0.1, 0.15) is 6.10 Å². The largest absolute Gasteiger partial charge is 0.459 e. The molecular formula is C17H28N6O2. The molecule has 0 spiro atoms. The van der Waals surface area contributed by atoms with Crippen LogP contribution in [0, 0.1) is 5.92 Å². The van der Waals surface area contributed by atoms with Gasteiger partial charge in [0.05, 0.1) is 18.0 Å². The summed E-state index contributed by atoms with van der Waals surface area (Å²) >= 11 is 0. The van der Waals surface area contributed by atoms with E-state index >= 15 is 0 Å². The number of fused-ring (bicyclic) bond motifs is 1. The van der Waals surface area contributed by atoms with Crippen molar-refractivity contribution >= 4 is 11.5 Å². The summed E-state index contributed by atoms with van der Waals surface area (Å²) in [6.07, 6.45) is 4.74. The van der Waals surface area contributed by atoms with Crippen molar-refractivity contribution in [3.8, 4) is 6.01 Å². The summed E-state index contributed by atoms with van der Waals surface area (Å²) in [5.74, 6) is 0.418. The zero-order chi connectivity index (χ0) is 18.0. The first-order valence-electron chi connectivity index (χ1n) is 9.08. The smallest absolute Gasteiger partial charge is 0.336 e. The number of hydrogen-bond donors (Lipinski definition) is 3.